The molecule has 0 atom stereocenters. The zero-order valence-electron chi connectivity index (χ0n) is 13.7. The summed E-state index contributed by atoms with van der Waals surface area (Å²) >= 11 is 0. The molecule has 1 aliphatic heterocycles. The maximum absolute atomic E-state index is 13.2. The minimum Gasteiger partial charge on any atom is -0.396 e. The highest BCUT2D eigenvalue weighted by Crippen LogP contribution is 2.39. The van der Waals surface area contributed by atoms with Gasteiger partial charge in [0, 0.05) is 37.5 Å². The molecule has 0 unspecified atom stereocenters. The van der Waals surface area contributed by atoms with E-state index in [0.717, 1.165) is 11.9 Å². The van der Waals surface area contributed by atoms with Gasteiger partial charge in [-0.25, -0.2) is 4.98 Å². The van der Waals surface area contributed by atoms with Crippen LogP contribution in [-0.2, 0) is 12.6 Å². The summed E-state index contributed by atoms with van der Waals surface area (Å²) in [7, 11) is 0. The molecule has 1 saturated heterocycles. The summed E-state index contributed by atoms with van der Waals surface area (Å²) in [6.45, 7) is 1.13. The van der Waals surface area contributed by atoms with Crippen molar-refractivity contribution in [2.24, 2.45) is 5.41 Å². The zero-order chi connectivity index (χ0) is 17.9. The molecule has 134 valence electrons. The van der Waals surface area contributed by atoms with Gasteiger partial charge in [0.2, 0.25) is 0 Å². The van der Waals surface area contributed by atoms with Crippen LogP contribution >= 0.6 is 0 Å². The number of alkyl halides is 3. The van der Waals surface area contributed by atoms with E-state index < -0.39 is 17.2 Å². The van der Waals surface area contributed by atoms with Crippen molar-refractivity contribution in [3.63, 3.8) is 0 Å². The van der Waals surface area contributed by atoms with Crippen LogP contribution in [0.15, 0.2) is 42.9 Å². The van der Waals surface area contributed by atoms with Crippen LogP contribution in [0.4, 0.5) is 19.0 Å². The first-order valence-corrected chi connectivity index (χ1v) is 8.20. The molecule has 4 nitrogen and oxygen atoms in total. The molecule has 0 bridgehead atoms. The van der Waals surface area contributed by atoms with Gasteiger partial charge in [0.25, 0.3) is 0 Å². The number of piperidine rings is 1. The minimum absolute atomic E-state index is 0.131. The first-order chi connectivity index (χ1) is 11.9. The molecule has 0 radical (unpaired) electrons. The van der Waals surface area contributed by atoms with Crippen LogP contribution < -0.4 is 4.90 Å². The van der Waals surface area contributed by atoms with Crippen molar-refractivity contribution in [1.29, 1.82) is 0 Å². The van der Waals surface area contributed by atoms with Crippen LogP contribution in [0.5, 0.6) is 0 Å². The quantitative estimate of drug-likeness (QED) is 0.918. The lowest BCUT2D eigenvalue weighted by atomic mass is 9.73. The third-order valence-electron chi connectivity index (χ3n) is 4.92. The SMILES string of the molecule is OCC1(Cc2ccccc2C(F)(F)F)CCN(c2cnccn2)CC1. The smallest absolute Gasteiger partial charge is 0.396 e. The van der Waals surface area contributed by atoms with Gasteiger partial charge in [-0.1, -0.05) is 18.2 Å². The average molecular weight is 351 g/mol. The highest BCUT2D eigenvalue weighted by molar-refractivity contribution is 5.36. The number of aliphatic hydroxyl groups excluding tert-OH is 1. The van der Waals surface area contributed by atoms with Gasteiger partial charge < -0.3 is 10.0 Å². The second-order valence-electron chi connectivity index (χ2n) is 6.54. The van der Waals surface area contributed by atoms with E-state index >= 15 is 0 Å². The first-order valence-electron chi connectivity index (χ1n) is 8.20. The summed E-state index contributed by atoms with van der Waals surface area (Å²) < 4.78 is 39.7. The van der Waals surface area contributed by atoms with Crippen LogP contribution in [0.25, 0.3) is 0 Å². The monoisotopic (exact) mass is 351 g/mol. The second-order valence-corrected chi connectivity index (χ2v) is 6.54. The van der Waals surface area contributed by atoms with E-state index in [4.69, 9.17) is 0 Å². The molecule has 0 amide bonds. The predicted molar refractivity (Wildman–Crippen MR) is 88.1 cm³/mol. The maximum Gasteiger partial charge on any atom is 0.416 e. The lowest BCUT2D eigenvalue weighted by Crippen LogP contribution is -2.43. The van der Waals surface area contributed by atoms with E-state index in [1.165, 1.54) is 12.1 Å². The van der Waals surface area contributed by atoms with Gasteiger partial charge in [0.15, 0.2) is 0 Å². The maximum atomic E-state index is 13.2. The topological polar surface area (TPSA) is 49.2 Å². The summed E-state index contributed by atoms with van der Waals surface area (Å²) in [5.74, 6) is 0.754. The van der Waals surface area contributed by atoms with Gasteiger partial charge in [-0.05, 0) is 30.9 Å². The van der Waals surface area contributed by atoms with Gasteiger partial charge in [-0.15, -0.1) is 0 Å². The molecule has 7 heteroatoms. The number of hydrogen-bond acceptors (Lipinski definition) is 4. The van der Waals surface area contributed by atoms with Crippen molar-refractivity contribution in [2.45, 2.75) is 25.4 Å². The Labute approximate surface area is 144 Å². The van der Waals surface area contributed by atoms with Crippen molar-refractivity contribution in [2.75, 3.05) is 24.6 Å². The fourth-order valence-electron chi connectivity index (χ4n) is 3.41. The zero-order valence-corrected chi connectivity index (χ0v) is 13.7. The average Bonchev–Trinajstić information content (AvgIpc) is 2.62. The van der Waals surface area contributed by atoms with Crippen LogP contribution in [0.2, 0.25) is 0 Å². The molecule has 1 aromatic carbocycles. The number of aromatic nitrogens is 2. The molecule has 3 rings (SSSR count). The van der Waals surface area contributed by atoms with Crippen LogP contribution in [0.3, 0.4) is 0 Å². The molecule has 1 aromatic heterocycles. The van der Waals surface area contributed by atoms with Gasteiger partial charge in [-0.2, -0.15) is 13.2 Å². The van der Waals surface area contributed by atoms with E-state index in [1.54, 1.807) is 24.7 Å². The highest BCUT2D eigenvalue weighted by Gasteiger charge is 2.39. The lowest BCUT2D eigenvalue weighted by Gasteiger charge is -2.41. The van der Waals surface area contributed by atoms with Gasteiger partial charge in [0.05, 0.1) is 11.8 Å². The van der Waals surface area contributed by atoms with Crippen LogP contribution in [0.1, 0.15) is 24.0 Å². The van der Waals surface area contributed by atoms with E-state index in [0.29, 0.717) is 25.9 Å². The molecular weight excluding hydrogens is 331 g/mol. The van der Waals surface area contributed by atoms with Crippen molar-refractivity contribution in [3.8, 4) is 0 Å². The molecule has 1 N–H and O–H groups in total. The largest absolute Gasteiger partial charge is 0.416 e. The summed E-state index contributed by atoms with van der Waals surface area (Å²) in [5.41, 5.74) is -0.906. The normalized spacial score (nSPS) is 17.5. The number of anilines is 1. The Morgan fingerprint density at radius 2 is 1.84 bits per heavy atom. The Hall–Kier alpha value is -2.15. The Bertz CT molecular complexity index is 698. The first kappa shape index (κ1) is 17.7. The number of halogens is 3. The Kier molecular flexibility index (Phi) is 4.94. The molecule has 25 heavy (non-hydrogen) atoms. The summed E-state index contributed by atoms with van der Waals surface area (Å²) in [4.78, 5) is 10.4. The third kappa shape index (κ3) is 3.92. The minimum atomic E-state index is -4.38. The van der Waals surface area contributed by atoms with E-state index in [2.05, 4.69) is 14.9 Å². The van der Waals surface area contributed by atoms with Gasteiger partial charge in [-0.3, -0.25) is 4.98 Å². The summed E-state index contributed by atoms with van der Waals surface area (Å²) in [5, 5.41) is 9.93. The Morgan fingerprint density at radius 1 is 1.12 bits per heavy atom. The Balaban J connectivity index is 1.76. The number of rotatable bonds is 4. The molecule has 0 saturated carbocycles. The van der Waals surface area contributed by atoms with Crippen LogP contribution in [0, 0.1) is 5.41 Å². The molecular formula is C18H20F3N3O. The molecule has 0 spiro atoms. The lowest BCUT2D eigenvalue weighted by molar-refractivity contribution is -0.138. The van der Waals surface area contributed by atoms with E-state index in [9.17, 15) is 18.3 Å². The standard InChI is InChI=1S/C18H20F3N3O/c19-18(20,21)15-4-2-1-3-14(15)11-17(13-25)5-9-24(10-6-17)16-12-22-7-8-23-16/h1-4,7-8,12,25H,5-6,9-11,13H2. The van der Waals surface area contributed by atoms with E-state index in [1.807, 2.05) is 0 Å². The van der Waals surface area contributed by atoms with Crippen molar-refractivity contribution in [3.05, 3.63) is 54.0 Å². The molecule has 1 fully saturated rings. The van der Waals surface area contributed by atoms with Gasteiger partial charge >= 0.3 is 6.18 Å². The number of aliphatic hydroxyl groups is 1. The molecule has 0 aliphatic carbocycles. The summed E-state index contributed by atoms with van der Waals surface area (Å²) in [6.07, 6.45) is 1.92. The van der Waals surface area contributed by atoms with Crippen molar-refractivity contribution >= 4 is 5.82 Å². The van der Waals surface area contributed by atoms with Crippen LogP contribution in [-0.4, -0.2) is 34.8 Å². The van der Waals surface area contributed by atoms with Gasteiger partial charge in [0.1, 0.15) is 5.82 Å². The highest BCUT2D eigenvalue weighted by atomic mass is 19.4. The van der Waals surface area contributed by atoms with Crippen molar-refractivity contribution < 1.29 is 18.3 Å². The van der Waals surface area contributed by atoms with E-state index in [-0.39, 0.29) is 18.6 Å². The molecule has 1 aliphatic rings. The fourth-order valence-corrected chi connectivity index (χ4v) is 3.41. The van der Waals surface area contributed by atoms with Crippen molar-refractivity contribution in [1.82, 2.24) is 9.97 Å². The third-order valence-corrected chi connectivity index (χ3v) is 4.92. The second kappa shape index (κ2) is 7.00. The summed E-state index contributed by atoms with van der Waals surface area (Å²) in [6, 6.07) is 5.63. The molecule has 2 heterocycles. The number of hydrogen-bond donors (Lipinski definition) is 1. The number of benzene rings is 1. The fraction of sp³-hybridized carbons (Fsp3) is 0.444. The predicted octanol–water partition coefficient (Wildman–Crippen LogP) is 3.32. The molecule has 2 aromatic rings. The Morgan fingerprint density at radius 3 is 2.44 bits per heavy atom. The number of nitrogens with zero attached hydrogens (tertiary/aromatic N) is 3.